The predicted molar refractivity (Wildman–Crippen MR) is 102 cm³/mol. The number of nitrogens with zero attached hydrogens (tertiary/aromatic N) is 1. The highest BCUT2D eigenvalue weighted by molar-refractivity contribution is 9.10. The van der Waals surface area contributed by atoms with Gasteiger partial charge in [0.15, 0.2) is 12.9 Å². The third-order valence-corrected chi connectivity index (χ3v) is 4.76. The summed E-state index contributed by atoms with van der Waals surface area (Å²) in [5.41, 5.74) is 1.46. The van der Waals surface area contributed by atoms with Crippen molar-refractivity contribution in [3.8, 4) is 11.5 Å². The van der Waals surface area contributed by atoms with Gasteiger partial charge >= 0.3 is 0 Å². The molecule has 6 heteroatoms. The Morgan fingerprint density at radius 3 is 2.58 bits per heavy atom. The van der Waals surface area contributed by atoms with Gasteiger partial charge in [0.25, 0.3) is 5.91 Å². The van der Waals surface area contributed by atoms with Crippen molar-refractivity contribution in [3.05, 3.63) is 58.1 Å². The summed E-state index contributed by atoms with van der Waals surface area (Å²) in [5, 5.41) is 0. The highest BCUT2D eigenvalue weighted by Gasteiger charge is 2.32. The van der Waals surface area contributed by atoms with Crippen LogP contribution < -0.4 is 9.47 Å². The molecule has 26 heavy (non-hydrogen) atoms. The Morgan fingerprint density at radius 2 is 1.96 bits per heavy atom. The van der Waals surface area contributed by atoms with Crippen molar-refractivity contribution in [2.45, 2.75) is 25.4 Å². The van der Waals surface area contributed by atoms with Crippen LogP contribution in [0, 0.1) is 0 Å². The molecule has 0 N–H and O–H groups in total. The van der Waals surface area contributed by atoms with Crippen LogP contribution in [0.15, 0.2) is 46.9 Å². The van der Waals surface area contributed by atoms with Crippen LogP contribution >= 0.6 is 15.9 Å². The fourth-order valence-corrected chi connectivity index (χ4v) is 3.08. The summed E-state index contributed by atoms with van der Waals surface area (Å²) in [7, 11) is 1.63. The van der Waals surface area contributed by atoms with Gasteiger partial charge in [-0.3, -0.25) is 9.59 Å². The number of ether oxygens (including phenoxy) is 2. The van der Waals surface area contributed by atoms with Gasteiger partial charge in [0, 0.05) is 17.1 Å². The van der Waals surface area contributed by atoms with E-state index in [1.165, 1.54) is 0 Å². The highest BCUT2D eigenvalue weighted by Crippen LogP contribution is 2.29. The van der Waals surface area contributed by atoms with E-state index in [1.54, 1.807) is 25.3 Å². The van der Waals surface area contributed by atoms with Crippen molar-refractivity contribution in [2.24, 2.45) is 0 Å². The first kappa shape index (κ1) is 18.5. The molecule has 136 valence electrons. The second-order valence-corrected chi connectivity index (χ2v) is 7.11. The van der Waals surface area contributed by atoms with Crippen molar-refractivity contribution < 1.29 is 19.1 Å². The van der Waals surface area contributed by atoms with E-state index in [0.717, 1.165) is 34.9 Å². The second kappa shape index (κ2) is 8.36. The van der Waals surface area contributed by atoms with Crippen LogP contribution in [0.1, 0.15) is 28.8 Å². The highest BCUT2D eigenvalue weighted by atomic mass is 79.9. The van der Waals surface area contributed by atoms with Gasteiger partial charge in [-0.2, -0.15) is 0 Å². The SMILES string of the molecule is COc1ccc(CN(C(=O)COc2ccc(Br)cc2C=O)C2CC2)cc1. The van der Waals surface area contributed by atoms with Crippen molar-refractivity contribution in [1.82, 2.24) is 4.90 Å². The zero-order valence-electron chi connectivity index (χ0n) is 14.5. The lowest BCUT2D eigenvalue weighted by molar-refractivity contribution is -0.134. The molecule has 1 aliphatic carbocycles. The fourth-order valence-electron chi connectivity index (χ4n) is 2.70. The van der Waals surface area contributed by atoms with Crippen LogP contribution in [-0.2, 0) is 11.3 Å². The molecule has 1 fully saturated rings. The summed E-state index contributed by atoms with van der Waals surface area (Å²) in [6, 6.07) is 13.1. The minimum absolute atomic E-state index is 0.0805. The van der Waals surface area contributed by atoms with Gasteiger partial charge in [0.2, 0.25) is 0 Å². The monoisotopic (exact) mass is 417 g/mol. The molecule has 0 aliphatic heterocycles. The molecule has 0 atom stereocenters. The van der Waals surface area contributed by atoms with Gasteiger partial charge in [-0.25, -0.2) is 0 Å². The molecule has 0 bridgehead atoms. The normalized spacial score (nSPS) is 13.2. The fraction of sp³-hybridized carbons (Fsp3) is 0.300. The summed E-state index contributed by atoms with van der Waals surface area (Å²) in [6.45, 7) is 0.451. The summed E-state index contributed by atoms with van der Waals surface area (Å²) in [5.74, 6) is 1.12. The van der Waals surface area contributed by atoms with Crippen LogP contribution in [0.3, 0.4) is 0 Å². The zero-order chi connectivity index (χ0) is 18.5. The summed E-state index contributed by atoms with van der Waals surface area (Å²) >= 11 is 3.32. The molecule has 2 aromatic carbocycles. The largest absolute Gasteiger partial charge is 0.497 e. The van der Waals surface area contributed by atoms with Gasteiger partial charge in [-0.1, -0.05) is 28.1 Å². The van der Waals surface area contributed by atoms with Crippen LogP contribution in [0.25, 0.3) is 0 Å². The minimum Gasteiger partial charge on any atom is -0.497 e. The number of hydrogen-bond acceptors (Lipinski definition) is 4. The number of carbonyl (C=O) groups excluding carboxylic acids is 2. The lowest BCUT2D eigenvalue weighted by Crippen LogP contribution is -2.36. The minimum atomic E-state index is -0.0882. The van der Waals surface area contributed by atoms with Gasteiger partial charge in [-0.15, -0.1) is 0 Å². The van der Waals surface area contributed by atoms with Crippen molar-refractivity contribution in [1.29, 1.82) is 0 Å². The number of amides is 1. The number of hydrogen-bond donors (Lipinski definition) is 0. The van der Waals surface area contributed by atoms with Crippen LogP contribution in [0.2, 0.25) is 0 Å². The molecule has 0 aromatic heterocycles. The average Bonchev–Trinajstić information content (AvgIpc) is 3.50. The number of methoxy groups -OCH3 is 1. The van der Waals surface area contributed by atoms with Crippen molar-refractivity contribution in [2.75, 3.05) is 13.7 Å². The molecule has 1 amide bonds. The van der Waals surface area contributed by atoms with Crippen molar-refractivity contribution >= 4 is 28.1 Å². The van der Waals surface area contributed by atoms with Gasteiger partial charge in [0.05, 0.1) is 12.7 Å². The number of aldehydes is 1. The average molecular weight is 418 g/mol. The Balaban J connectivity index is 1.64. The van der Waals surface area contributed by atoms with E-state index in [2.05, 4.69) is 15.9 Å². The molecule has 0 saturated heterocycles. The number of rotatable bonds is 8. The molecule has 5 nitrogen and oxygen atoms in total. The Bertz CT molecular complexity index is 787. The Labute approximate surface area is 161 Å². The number of benzene rings is 2. The van der Waals surface area contributed by atoms with Gasteiger partial charge in [0.1, 0.15) is 11.5 Å². The predicted octanol–water partition coefficient (Wildman–Crippen LogP) is 3.84. The third kappa shape index (κ3) is 4.64. The Morgan fingerprint density at radius 1 is 1.23 bits per heavy atom. The molecule has 0 heterocycles. The summed E-state index contributed by atoms with van der Waals surface area (Å²) in [6.07, 6.45) is 2.75. The molecule has 3 rings (SSSR count). The van der Waals surface area contributed by atoms with E-state index in [4.69, 9.17) is 9.47 Å². The van der Waals surface area contributed by atoms with Gasteiger partial charge in [-0.05, 0) is 48.7 Å². The molecular formula is C20H20BrNO4. The van der Waals surface area contributed by atoms with E-state index in [-0.39, 0.29) is 18.6 Å². The quantitative estimate of drug-likeness (QED) is 0.612. The maximum absolute atomic E-state index is 12.7. The molecule has 0 spiro atoms. The smallest absolute Gasteiger partial charge is 0.261 e. The van der Waals surface area contributed by atoms with E-state index in [9.17, 15) is 9.59 Å². The van der Waals surface area contributed by atoms with Crippen molar-refractivity contribution in [3.63, 3.8) is 0 Å². The molecule has 1 aliphatic rings. The molecule has 2 aromatic rings. The molecular weight excluding hydrogens is 398 g/mol. The van der Waals surface area contributed by atoms with Gasteiger partial charge < -0.3 is 14.4 Å². The van der Waals surface area contributed by atoms with Crippen LogP contribution in [0.4, 0.5) is 0 Å². The van der Waals surface area contributed by atoms with E-state index >= 15 is 0 Å². The molecule has 1 saturated carbocycles. The Hall–Kier alpha value is -2.34. The second-order valence-electron chi connectivity index (χ2n) is 6.19. The lowest BCUT2D eigenvalue weighted by atomic mass is 10.2. The van der Waals surface area contributed by atoms with E-state index in [1.807, 2.05) is 29.2 Å². The maximum Gasteiger partial charge on any atom is 0.261 e. The molecule has 0 radical (unpaired) electrons. The zero-order valence-corrected chi connectivity index (χ0v) is 16.1. The Kier molecular flexibility index (Phi) is 5.93. The first-order valence-electron chi connectivity index (χ1n) is 8.40. The van der Waals surface area contributed by atoms with E-state index < -0.39 is 0 Å². The van der Waals surface area contributed by atoms with Crippen LogP contribution in [-0.4, -0.2) is 36.9 Å². The summed E-state index contributed by atoms with van der Waals surface area (Å²) < 4.78 is 11.6. The number of halogens is 1. The third-order valence-electron chi connectivity index (χ3n) is 4.27. The standard InChI is InChI=1S/C20H20BrNO4/c1-25-18-7-2-14(3-8-18)11-22(17-5-6-17)20(24)13-26-19-9-4-16(21)10-15(19)12-23/h2-4,7-10,12,17H,5-6,11,13H2,1H3. The maximum atomic E-state index is 12.7. The number of carbonyl (C=O) groups is 2. The first-order valence-corrected chi connectivity index (χ1v) is 9.20. The van der Waals surface area contributed by atoms with Crippen LogP contribution in [0.5, 0.6) is 11.5 Å². The molecule has 0 unspecified atom stereocenters. The van der Waals surface area contributed by atoms with E-state index in [0.29, 0.717) is 17.9 Å². The topological polar surface area (TPSA) is 55.8 Å². The lowest BCUT2D eigenvalue weighted by Gasteiger charge is -2.23. The first-order chi connectivity index (χ1) is 12.6. The summed E-state index contributed by atoms with van der Waals surface area (Å²) in [4.78, 5) is 25.7.